The fourth-order valence-electron chi connectivity index (χ4n) is 1.50. The van der Waals surface area contributed by atoms with Crippen molar-refractivity contribution in [2.24, 2.45) is 0 Å². The maximum absolute atomic E-state index is 11.9. The van der Waals surface area contributed by atoms with Gasteiger partial charge in [0.2, 0.25) is 5.76 Å². The second-order valence-corrected chi connectivity index (χ2v) is 3.63. The maximum Gasteiger partial charge on any atom is 0.293 e. The second-order valence-electron chi connectivity index (χ2n) is 3.63. The Balaban J connectivity index is 2.16. The van der Waals surface area contributed by atoms with Crippen LogP contribution in [0.5, 0.6) is 5.75 Å². The summed E-state index contributed by atoms with van der Waals surface area (Å²) in [6.45, 7) is 4.11. The highest BCUT2D eigenvalue weighted by Gasteiger charge is 2.13. The highest BCUT2D eigenvalue weighted by atomic mass is 16.5. The van der Waals surface area contributed by atoms with Crippen LogP contribution in [0.3, 0.4) is 0 Å². The predicted molar refractivity (Wildman–Crippen MR) is 66.8 cm³/mol. The molecule has 0 saturated carbocycles. The molecule has 2 rings (SSSR count). The van der Waals surface area contributed by atoms with E-state index in [4.69, 9.17) is 9.15 Å². The smallest absolute Gasteiger partial charge is 0.293 e. The molecule has 1 amide bonds. The molecule has 1 aromatic carbocycles. The Morgan fingerprint density at radius 2 is 2.22 bits per heavy atom. The van der Waals surface area contributed by atoms with Crippen molar-refractivity contribution >= 4 is 11.6 Å². The van der Waals surface area contributed by atoms with E-state index in [9.17, 15) is 4.79 Å². The second kappa shape index (κ2) is 5.35. The van der Waals surface area contributed by atoms with E-state index in [1.54, 1.807) is 19.1 Å². The van der Waals surface area contributed by atoms with Crippen molar-refractivity contribution < 1.29 is 13.9 Å². The molecule has 0 saturated heterocycles. The summed E-state index contributed by atoms with van der Waals surface area (Å²) in [5, 5.41) is 2.73. The van der Waals surface area contributed by atoms with Crippen LogP contribution in [0.25, 0.3) is 0 Å². The molecular weight excluding hydrogens is 232 g/mol. The Morgan fingerprint density at radius 1 is 1.44 bits per heavy atom. The van der Waals surface area contributed by atoms with Gasteiger partial charge in [-0.1, -0.05) is 12.1 Å². The Hall–Kier alpha value is -2.30. The number of aryl methyl sites for hydroxylation is 1. The summed E-state index contributed by atoms with van der Waals surface area (Å²) in [5.41, 5.74) is 0.610. The van der Waals surface area contributed by atoms with Crippen LogP contribution in [-0.4, -0.2) is 17.5 Å². The fourth-order valence-corrected chi connectivity index (χ4v) is 1.50. The van der Waals surface area contributed by atoms with Gasteiger partial charge in [-0.25, -0.2) is 4.98 Å². The molecule has 0 spiro atoms. The van der Waals surface area contributed by atoms with E-state index >= 15 is 0 Å². The SMILES string of the molecule is CCOc1ccccc1NC(=O)c1cnc(C)o1. The summed E-state index contributed by atoms with van der Waals surface area (Å²) in [6.07, 6.45) is 1.40. The minimum Gasteiger partial charge on any atom is -0.492 e. The number of ether oxygens (including phenoxy) is 1. The van der Waals surface area contributed by atoms with Gasteiger partial charge in [-0.3, -0.25) is 4.79 Å². The monoisotopic (exact) mass is 246 g/mol. The lowest BCUT2D eigenvalue weighted by Crippen LogP contribution is -2.12. The Labute approximate surface area is 105 Å². The third-order valence-corrected chi connectivity index (χ3v) is 2.28. The van der Waals surface area contributed by atoms with E-state index < -0.39 is 0 Å². The zero-order valence-corrected chi connectivity index (χ0v) is 10.3. The zero-order valence-electron chi connectivity index (χ0n) is 10.3. The van der Waals surface area contributed by atoms with Crippen LogP contribution in [0, 0.1) is 6.92 Å². The Bertz CT molecular complexity index is 549. The van der Waals surface area contributed by atoms with E-state index in [0.717, 1.165) is 0 Å². The van der Waals surface area contributed by atoms with E-state index in [0.29, 0.717) is 23.9 Å². The number of para-hydroxylation sites is 2. The average Bonchev–Trinajstić information content (AvgIpc) is 2.79. The third kappa shape index (κ3) is 2.68. The first-order chi connectivity index (χ1) is 8.70. The number of benzene rings is 1. The molecule has 0 aliphatic rings. The normalized spacial score (nSPS) is 10.1. The van der Waals surface area contributed by atoms with E-state index in [2.05, 4.69) is 10.3 Å². The molecule has 5 heteroatoms. The van der Waals surface area contributed by atoms with Gasteiger partial charge >= 0.3 is 0 Å². The van der Waals surface area contributed by atoms with Gasteiger partial charge in [0.25, 0.3) is 5.91 Å². The van der Waals surface area contributed by atoms with Gasteiger partial charge in [-0.2, -0.15) is 0 Å². The third-order valence-electron chi connectivity index (χ3n) is 2.28. The van der Waals surface area contributed by atoms with E-state index in [1.807, 2.05) is 19.1 Å². The molecule has 0 fully saturated rings. The summed E-state index contributed by atoms with van der Waals surface area (Å²) in [4.78, 5) is 15.8. The first-order valence-corrected chi connectivity index (χ1v) is 5.66. The van der Waals surface area contributed by atoms with Crippen LogP contribution >= 0.6 is 0 Å². The number of aromatic nitrogens is 1. The first kappa shape index (κ1) is 12.2. The number of oxazole rings is 1. The van der Waals surface area contributed by atoms with Gasteiger partial charge in [0.05, 0.1) is 18.5 Å². The van der Waals surface area contributed by atoms with Gasteiger partial charge in [-0.05, 0) is 19.1 Å². The molecule has 0 aliphatic heterocycles. The minimum atomic E-state index is -0.345. The molecule has 5 nitrogen and oxygen atoms in total. The molecule has 1 N–H and O–H groups in total. The van der Waals surface area contributed by atoms with Crippen LogP contribution < -0.4 is 10.1 Å². The summed E-state index contributed by atoms with van der Waals surface area (Å²) < 4.78 is 10.6. The van der Waals surface area contributed by atoms with Crippen LogP contribution in [-0.2, 0) is 0 Å². The fraction of sp³-hybridized carbons (Fsp3) is 0.231. The molecule has 0 aliphatic carbocycles. The lowest BCUT2D eigenvalue weighted by molar-refractivity contribution is 0.0995. The number of nitrogens with one attached hydrogen (secondary N) is 1. The minimum absolute atomic E-state index is 0.179. The lowest BCUT2D eigenvalue weighted by Gasteiger charge is -2.09. The molecule has 0 atom stereocenters. The average molecular weight is 246 g/mol. The maximum atomic E-state index is 11.9. The highest BCUT2D eigenvalue weighted by molar-refractivity contribution is 6.02. The number of nitrogens with zero attached hydrogens (tertiary/aromatic N) is 1. The Morgan fingerprint density at radius 3 is 2.89 bits per heavy atom. The lowest BCUT2D eigenvalue weighted by atomic mass is 10.3. The molecular formula is C13H14N2O3. The number of carbonyl (C=O) groups excluding carboxylic acids is 1. The van der Waals surface area contributed by atoms with Crippen LogP contribution in [0.2, 0.25) is 0 Å². The van der Waals surface area contributed by atoms with Crippen molar-refractivity contribution in [1.29, 1.82) is 0 Å². The molecule has 1 aromatic heterocycles. The summed E-state index contributed by atoms with van der Waals surface area (Å²) >= 11 is 0. The molecule has 0 bridgehead atoms. The van der Waals surface area contributed by atoms with E-state index in [1.165, 1.54) is 6.20 Å². The van der Waals surface area contributed by atoms with Gasteiger partial charge in [-0.15, -0.1) is 0 Å². The van der Waals surface area contributed by atoms with Crippen molar-refractivity contribution in [3.63, 3.8) is 0 Å². The Kier molecular flexibility index (Phi) is 3.62. The van der Waals surface area contributed by atoms with Crippen molar-refractivity contribution in [3.8, 4) is 5.75 Å². The number of anilines is 1. The number of carbonyl (C=O) groups is 1. The summed E-state index contributed by atoms with van der Waals surface area (Å²) in [7, 11) is 0. The van der Waals surface area contributed by atoms with Crippen molar-refractivity contribution in [2.45, 2.75) is 13.8 Å². The number of hydrogen-bond acceptors (Lipinski definition) is 4. The molecule has 0 unspecified atom stereocenters. The van der Waals surface area contributed by atoms with Gasteiger partial charge in [0.1, 0.15) is 5.75 Å². The number of rotatable bonds is 4. The molecule has 2 aromatic rings. The highest BCUT2D eigenvalue weighted by Crippen LogP contribution is 2.24. The van der Waals surface area contributed by atoms with Crippen LogP contribution in [0.4, 0.5) is 5.69 Å². The molecule has 18 heavy (non-hydrogen) atoms. The van der Waals surface area contributed by atoms with E-state index in [-0.39, 0.29) is 11.7 Å². The van der Waals surface area contributed by atoms with Crippen molar-refractivity contribution in [3.05, 3.63) is 42.1 Å². The summed E-state index contributed by atoms with van der Waals surface area (Å²) in [5.74, 6) is 0.921. The quantitative estimate of drug-likeness (QED) is 0.900. The zero-order chi connectivity index (χ0) is 13.0. The predicted octanol–water partition coefficient (Wildman–Crippen LogP) is 2.63. The largest absolute Gasteiger partial charge is 0.492 e. The standard InChI is InChI=1S/C13H14N2O3/c1-3-17-11-7-5-4-6-10(11)15-13(16)12-8-14-9(2)18-12/h4-8H,3H2,1-2H3,(H,15,16). The molecule has 94 valence electrons. The number of amides is 1. The van der Waals surface area contributed by atoms with Gasteiger partial charge in [0, 0.05) is 6.92 Å². The molecule has 1 heterocycles. The van der Waals surface area contributed by atoms with Gasteiger partial charge in [0.15, 0.2) is 5.89 Å². The topological polar surface area (TPSA) is 64.4 Å². The first-order valence-electron chi connectivity index (χ1n) is 5.66. The van der Waals surface area contributed by atoms with Crippen molar-refractivity contribution in [1.82, 2.24) is 4.98 Å². The van der Waals surface area contributed by atoms with Crippen molar-refractivity contribution in [2.75, 3.05) is 11.9 Å². The van der Waals surface area contributed by atoms with Crippen LogP contribution in [0.1, 0.15) is 23.4 Å². The van der Waals surface area contributed by atoms with Crippen LogP contribution in [0.15, 0.2) is 34.9 Å². The summed E-state index contributed by atoms with van der Waals surface area (Å²) in [6, 6.07) is 7.24. The molecule has 0 radical (unpaired) electrons. The van der Waals surface area contributed by atoms with Gasteiger partial charge < -0.3 is 14.5 Å². The number of hydrogen-bond donors (Lipinski definition) is 1.